The second-order valence-corrected chi connectivity index (χ2v) is 3.02. The van der Waals surface area contributed by atoms with Crippen LogP contribution in [0.1, 0.15) is 17.6 Å². The minimum Gasteiger partial charge on any atom is -0.385 e. The summed E-state index contributed by atoms with van der Waals surface area (Å²) in [5.74, 6) is 0.579. The van der Waals surface area contributed by atoms with Crippen LogP contribution in [-0.2, 0) is 6.42 Å². The molecule has 0 aliphatic carbocycles. The summed E-state index contributed by atoms with van der Waals surface area (Å²) in [7, 11) is 0. The van der Waals surface area contributed by atoms with Gasteiger partial charge in [-0.2, -0.15) is 0 Å². The summed E-state index contributed by atoms with van der Waals surface area (Å²) < 4.78 is 0. The SMILES string of the molecule is OC(Cc1ccccn1)c1ncc[nH]1. The Morgan fingerprint density at radius 1 is 1.29 bits per heavy atom. The zero-order valence-electron chi connectivity index (χ0n) is 7.59. The predicted molar refractivity (Wildman–Crippen MR) is 51.5 cm³/mol. The molecule has 0 radical (unpaired) electrons. The molecule has 0 saturated heterocycles. The Kier molecular flexibility index (Phi) is 2.55. The zero-order chi connectivity index (χ0) is 9.80. The highest BCUT2D eigenvalue weighted by Crippen LogP contribution is 2.12. The number of nitrogens with one attached hydrogen (secondary N) is 1. The van der Waals surface area contributed by atoms with Crippen molar-refractivity contribution in [2.45, 2.75) is 12.5 Å². The van der Waals surface area contributed by atoms with Crippen LogP contribution in [0.2, 0.25) is 0 Å². The van der Waals surface area contributed by atoms with E-state index in [1.807, 2.05) is 18.2 Å². The molecule has 2 heterocycles. The quantitative estimate of drug-likeness (QED) is 0.759. The third-order valence-electron chi connectivity index (χ3n) is 1.96. The lowest BCUT2D eigenvalue weighted by Gasteiger charge is -2.06. The molecule has 0 aliphatic rings. The summed E-state index contributed by atoms with van der Waals surface area (Å²) in [5.41, 5.74) is 0.858. The summed E-state index contributed by atoms with van der Waals surface area (Å²) in [6.07, 6.45) is 4.90. The Balaban J connectivity index is 2.06. The molecule has 2 aromatic heterocycles. The number of aliphatic hydroxyl groups is 1. The van der Waals surface area contributed by atoms with Gasteiger partial charge in [0.1, 0.15) is 11.9 Å². The number of H-pyrrole nitrogens is 1. The smallest absolute Gasteiger partial charge is 0.135 e. The second kappa shape index (κ2) is 4.02. The van der Waals surface area contributed by atoms with Gasteiger partial charge in [-0.25, -0.2) is 4.98 Å². The largest absolute Gasteiger partial charge is 0.385 e. The topological polar surface area (TPSA) is 61.8 Å². The molecule has 2 rings (SSSR count). The number of aromatic amines is 1. The number of nitrogens with zero attached hydrogens (tertiary/aromatic N) is 2. The van der Waals surface area contributed by atoms with Crippen molar-refractivity contribution >= 4 is 0 Å². The molecule has 72 valence electrons. The monoisotopic (exact) mass is 189 g/mol. The van der Waals surface area contributed by atoms with Crippen LogP contribution in [0.3, 0.4) is 0 Å². The van der Waals surface area contributed by atoms with E-state index < -0.39 is 6.10 Å². The third kappa shape index (κ3) is 1.97. The van der Waals surface area contributed by atoms with Gasteiger partial charge in [-0.1, -0.05) is 6.07 Å². The standard InChI is InChI=1S/C10H11N3O/c14-9(10-12-5-6-13-10)7-8-3-1-2-4-11-8/h1-6,9,14H,7H2,(H,12,13). The van der Waals surface area contributed by atoms with Gasteiger partial charge in [0.05, 0.1) is 0 Å². The zero-order valence-corrected chi connectivity index (χ0v) is 7.59. The highest BCUT2D eigenvalue weighted by molar-refractivity contribution is 5.07. The molecule has 14 heavy (non-hydrogen) atoms. The van der Waals surface area contributed by atoms with Gasteiger partial charge in [0.25, 0.3) is 0 Å². The molecule has 0 fully saturated rings. The molecule has 0 bridgehead atoms. The fourth-order valence-electron chi connectivity index (χ4n) is 1.27. The minimum atomic E-state index is -0.611. The molecule has 1 unspecified atom stereocenters. The van der Waals surface area contributed by atoms with Crippen molar-refractivity contribution in [2.75, 3.05) is 0 Å². The number of imidazole rings is 1. The van der Waals surface area contributed by atoms with Crippen molar-refractivity contribution < 1.29 is 5.11 Å². The Bertz CT molecular complexity index is 372. The predicted octanol–water partition coefficient (Wildman–Crippen LogP) is 1.08. The van der Waals surface area contributed by atoms with E-state index >= 15 is 0 Å². The van der Waals surface area contributed by atoms with Crippen molar-refractivity contribution in [3.05, 3.63) is 48.3 Å². The normalized spacial score (nSPS) is 12.6. The van der Waals surface area contributed by atoms with Crippen LogP contribution in [0.4, 0.5) is 0 Å². The van der Waals surface area contributed by atoms with E-state index in [2.05, 4.69) is 15.0 Å². The molecule has 0 saturated carbocycles. The van der Waals surface area contributed by atoms with E-state index in [1.165, 1.54) is 0 Å². The molecule has 0 spiro atoms. The Morgan fingerprint density at radius 3 is 2.86 bits per heavy atom. The van der Waals surface area contributed by atoms with E-state index in [1.54, 1.807) is 18.6 Å². The van der Waals surface area contributed by atoms with Crippen molar-refractivity contribution in [1.82, 2.24) is 15.0 Å². The van der Waals surface area contributed by atoms with Crippen LogP contribution in [-0.4, -0.2) is 20.1 Å². The number of aromatic nitrogens is 3. The van der Waals surface area contributed by atoms with Crippen LogP contribution < -0.4 is 0 Å². The lowest BCUT2D eigenvalue weighted by Crippen LogP contribution is -2.04. The van der Waals surface area contributed by atoms with Crippen LogP contribution >= 0.6 is 0 Å². The third-order valence-corrected chi connectivity index (χ3v) is 1.96. The lowest BCUT2D eigenvalue weighted by molar-refractivity contribution is 0.168. The van der Waals surface area contributed by atoms with Crippen LogP contribution in [0.5, 0.6) is 0 Å². The summed E-state index contributed by atoms with van der Waals surface area (Å²) in [4.78, 5) is 11.0. The molecule has 0 aliphatic heterocycles. The maximum Gasteiger partial charge on any atom is 0.135 e. The molecule has 2 N–H and O–H groups in total. The maximum atomic E-state index is 9.73. The molecular formula is C10H11N3O. The van der Waals surface area contributed by atoms with E-state index in [0.29, 0.717) is 12.2 Å². The van der Waals surface area contributed by atoms with E-state index in [4.69, 9.17) is 0 Å². The first-order valence-electron chi connectivity index (χ1n) is 4.43. The first-order chi connectivity index (χ1) is 6.86. The Labute approximate surface area is 81.7 Å². The van der Waals surface area contributed by atoms with E-state index in [0.717, 1.165) is 5.69 Å². The van der Waals surface area contributed by atoms with Crippen LogP contribution in [0.15, 0.2) is 36.8 Å². The van der Waals surface area contributed by atoms with Gasteiger partial charge in [0, 0.05) is 30.7 Å². The fraction of sp³-hybridized carbons (Fsp3) is 0.200. The van der Waals surface area contributed by atoms with Crippen LogP contribution in [0, 0.1) is 0 Å². The van der Waals surface area contributed by atoms with Crippen molar-refractivity contribution in [3.8, 4) is 0 Å². The highest BCUT2D eigenvalue weighted by atomic mass is 16.3. The summed E-state index contributed by atoms with van der Waals surface area (Å²) in [6.45, 7) is 0. The first-order valence-corrected chi connectivity index (χ1v) is 4.43. The van der Waals surface area contributed by atoms with Gasteiger partial charge in [-0.15, -0.1) is 0 Å². The summed E-state index contributed by atoms with van der Waals surface area (Å²) >= 11 is 0. The number of pyridine rings is 1. The van der Waals surface area contributed by atoms with Gasteiger partial charge in [-0.05, 0) is 12.1 Å². The average molecular weight is 189 g/mol. The Morgan fingerprint density at radius 2 is 2.21 bits per heavy atom. The van der Waals surface area contributed by atoms with Gasteiger partial charge in [0.15, 0.2) is 0 Å². The van der Waals surface area contributed by atoms with Crippen LogP contribution in [0.25, 0.3) is 0 Å². The molecule has 0 aromatic carbocycles. The molecule has 4 nitrogen and oxygen atoms in total. The molecule has 0 amide bonds. The highest BCUT2D eigenvalue weighted by Gasteiger charge is 2.10. The minimum absolute atomic E-state index is 0.481. The van der Waals surface area contributed by atoms with Crippen molar-refractivity contribution in [3.63, 3.8) is 0 Å². The van der Waals surface area contributed by atoms with Gasteiger partial charge >= 0.3 is 0 Å². The molecule has 4 heteroatoms. The number of aliphatic hydroxyl groups excluding tert-OH is 1. The molecule has 1 atom stereocenters. The number of hydrogen-bond acceptors (Lipinski definition) is 3. The number of hydrogen-bond donors (Lipinski definition) is 2. The van der Waals surface area contributed by atoms with Gasteiger partial charge in [0.2, 0.25) is 0 Å². The fourth-order valence-corrected chi connectivity index (χ4v) is 1.27. The number of rotatable bonds is 3. The molecular weight excluding hydrogens is 178 g/mol. The maximum absolute atomic E-state index is 9.73. The molecule has 2 aromatic rings. The lowest BCUT2D eigenvalue weighted by atomic mass is 10.2. The average Bonchev–Trinajstić information content (AvgIpc) is 2.72. The summed E-state index contributed by atoms with van der Waals surface area (Å²) in [5, 5.41) is 9.73. The van der Waals surface area contributed by atoms with E-state index in [-0.39, 0.29) is 0 Å². The van der Waals surface area contributed by atoms with Gasteiger partial charge < -0.3 is 10.1 Å². The van der Waals surface area contributed by atoms with Gasteiger partial charge in [-0.3, -0.25) is 4.98 Å². The second-order valence-electron chi connectivity index (χ2n) is 3.02. The van der Waals surface area contributed by atoms with Crippen molar-refractivity contribution in [1.29, 1.82) is 0 Å². The summed E-state index contributed by atoms with van der Waals surface area (Å²) in [6, 6.07) is 5.63. The van der Waals surface area contributed by atoms with E-state index in [9.17, 15) is 5.11 Å². The Hall–Kier alpha value is -1.68. The van der Waals surface area contributed by atoms with Crippen molar-refractivity contribution in [2.24, 2.45) is 0 Å². The first kappa shape index (κ1) is 8.90.